The van der Waals surface area contributed by atoms with Gasteiger partial charge in [-0.15, -0.1) is 10.2 Å². The Hall–Kier alpha value is -0.650. The van der Waals surface area contributed by atoms with E-state index < -0.39 is 0 Å². The molecule has 0 atom stereocenters. The summed E-state index contributed by atoms with van der Waals surface area (Å²) in [6, 6.07) is 0.910. The first-order valence-electron chi connectivity index (χ1n) is 5.86. The summed E-state index contributed by atoms with van der Waals surface area (Å²) >= 11 is 11.4. The molecule has 7 heteroatoms. The second-order valence-corrected chi connectivity index (χ2v) is 5.15. The Morgan fingerprint density at radius 2 is 1.72 bits per heavy atom. The van der Waals surface area contributed by atoms with E-state index in [1.165, 1.54) is 0 Å². The number of halogens is 2. The van der Waals surface area contributed by atoms with E-state index in [0.29, 0.717) is 18.7 Å². The average Bonchev–Trinajstić information content (AvgIpc) is 2.27. The Kier molecular flexibility index (Phi) is 6.05. The van der Waals surface area contributed by atoms with Crippen LogP contribution in [0.1, 0.15) is 27.7 Å². The molecule has 0 aliphatic rings. The van der Waals surface area contributed by atoms with E-state index in [0.717, 1.165) is 6.54 Å². The van der Waals surface area contributed by atoms with Gasteiger partial charge in [0.15, 0.2) is 0 Å². The maximum absolute atomic E-state index is 5.80. The molecule has 1 heterocycles. The van der Waals surface area contributed by atoms with Crippen molar-refractivity contribution in [1.29, 1.82) is 0 Å². The molecule has 0 aromatic carbocycles. The van der Waals surface area contributed by atoms with Crippen LogP contribution in [0.5, 0.6) is 5.88 Å². The maximum atomic E-state index is 5.80. The highest BCUT2D eigenvalue weighted by molar-refractivity contribution is 6.31. The van der Waals surface area contributed by atoms with Crippen molar-refractivity contribution in [2.75, 3.05) is 13.2 Å². The van der Waals surface area contributed by atoms with Crippen LogP contribution in [0.25, 0.3) is 0 Å². The Morgan fingerprint density at radius 1 is 1.11 bits per heavy atom. The lowest BCUT2D eigenvalue weighted by Crippen LogP contribution is -2.39. The Morgan fingerprint density at radius 3 is 2.28 bits per heavy atom. The number of hydrogen-bond donors (Lipinski definition) is 0. The minimum Gasteiger partial charge on any atom is -0.474 e. The van der Waals surface area contributed by atoms with Crippen LogP contribution >= 0.6 is 23.2 Å². The zero-order valence-corrected chi connectivity index (χ0v) is 12.5. The van der Waals surface area contributed by atoms with Gasteiger partial charge in [0.2, 0.25) is 10.4 Å². The second kappa shape index (κ2) is 7.07. The molecule has 5 nitrogen and oxygen atoms in total. The molecule has 0 aliphatic heterocycles. The Bertz CT molecular complexity index is 379. The SMILES string of the molecule is CC(C)N(CCOc1nc(Cl)nnc1Cl)C(C)C. The third-order valence-electron chi connectivity index (χ3n) is 2.51. The molecule has 102 valence electrons. The van der Waals surface area contributed by atoms with Crippen LogP contribution in [-0.2, 0) is 0 Å². The van der Waals surface area contributed by atoms with Gasteiger partial charge in [0.25, 0.3) is 5.88 Å². The van der Waals surface area contributed by atoms with Gasteiger partial charge >= 0.3 is 0 Å². The Balaban J connectivity index is 2.52. The van der Waals surface area contributed by atoms with Gasteiger partial charge < -0.3 is 4.74 Å². The fourth-order valence-corrected chi connectivity index (χ4v) is 1.98. The molecule has 18 heavy (non-hydrogen) atoms. The van der Waals surface area contributed by atoms with Crippen molar-refractivity contribution in [2.24, 2.45) is 0 Å². The minimum atomic E-state index is 0.0268. The van der Waals surface area contributed by atoms with Crippen LogP contribution in [0.2, 0.25) is 10.4 Å². The normalized spacial score (nSPS) is 11.6. The molecular weight excluding hydrogens is 275 g/mol. The largest absolute Gasteiger partial charge is 0.474 e. The van der Waals surface area contributed by atoms with Gasteiger partial charge in [0.05, 0.1) is 0 Å². The monoisotopic (exact) mass is 292 g/mol. The van der Waals surface area contributed by atoms with E-state index in [9.17, 15) is 0 Å². The molecule has 0 saturated heterocycles. The fourth-order valence-electron chi connectivity index (χ4n) is 1.73. The van der Waals surface area contributed by atoms with E-state index in [4.69, 9.17) is 27.9 Å². The minimum absolute atomic E-state index is 0.0268. The maximum Gasteiger partial charge on any atom is 0.256 e. The third-order valence-corrected chi connectivity index (χ3v) is 2.90. The molecule has 0 saturated carbocycles. The molecule has 1 rings (SSSR count). The van der Waals surface area contributed by atoms with Crippen molar-refractivity contribution >= 4 is 23.2 Å². The molecule has 0 unspecified atom stereocenters. The average molecular weight is 293 g/mol. The van der Waals surface area contributed by atoms with Crippen molar-refractivity contribution in [3.8, 4) is 5.88 Å². The molecule has 0 aliphatic carbocycles. The number of hydrogen-bond acceptors (Lipinski definition) is 5. The molecule has 0 radical (unpaired) electrons. The quantitative estimate of drug-likeness (QED) is 0.807. The number of ether oxygens (including phenoxy) is 1. The summed E-state index contributed by atoms with van der Waals surface area (Å²) in [4.78, 5) is 6.19. The van der Waals surface area contributed by atoms with Gasteiger partial charge in [0, 0.05) is 18.6 Å². The summed E-state index contributed by atoms with van der Waals surface area (Å²) < 4.78 is 5.48. The van der Waals surface area contributed by atoms with E-state index >= 15 is 0 Å². The van der Waals surface area contributed by atoms with Crippen molar-refractivity contribution < 1.29 is 4.74 Å². The predicted molar refractivity (Wildman–Crippen MR) is 72.3 cm³/mol. The lowest BCUT2D eigenvalue weighted by Gasteiger charge is -2.30. The van der Waals surface area contributed by atoms with Crippen LogP contribution in [0.4, 0.5) is 0 Å². The number of aromatic nitrogens is 3. The van der Waals surface area contributed by atoms with Gasteiger partial charge in [-0.05, 0) is 39.3 Å². The summed E-state index contributed by atoms with van der Waals surface area (Å²) in [5.74, 6) is 0.226. The van der Waals surface area contributed by atoms with Crippen LogP contribution in [0.15, 0.2) is 0 Å². The van der Waals surface area contributed by atoms with Crippen LogP contribution in [-0.4, -0.2) is 45.3 Å². The molecule has 0 N–H and O–H groups in total. The highest BCUT2D eigenvalue weighted by Gasteiger charge is 2.14. The summed E-state index contributed by atoms with van der Waals surface area (Å²) in [5.41, 5.74) is 0. The van der Waals surface area contributed by atoms with Crippen LogP contribution < -0.4 is 4.74 Å². The van der Waals surface area contributed by atoms with Gasteiger partial charge in [-0.1, -0.05) is 11.6 Å². The van der Waals surface area contributed by atoms with Crippen molar-refractivity contribution in [2.45, 2.75) is 39.8 Å². The summed E-state index contributed by atoms with van der Waals surface area (Å²) in [6.07, 6.45) is 0. The number of rotatable bonds is 6. The first-order chi connectivity index (χ1) is 8.41. The molecule has 0 spiro atoms. The van der Waals surface area contributed by atoms with E-state index in [2.05, 4.69) is 47.8 Å². The van der Waals surface area contributed by atoms with Crippen molar-refractivity contribution in [3.63, 3.8) is 0 Å². The first kappa shape index (κ1) is 15.4. The lowest BCUT2D eigenvalue weighted by atomic mass is 10.2. The lowest BCUT2D eigenvalue weighted by molar-refractivity contribution is 0.140. The Labute approximate surface area is 117 Å². The molecule has 1 aromatic heterocycles. The standard InChI is InChI=1S/C11H18Cl2N4O/c1-7(2)17(8(3)4)5-6-18-10-9(12)15-16-11(13)14-10/h7-8H,5-6H2,1-4H3. The predicted octanol–water partition coefficient (Wildman–Crippen LogP) is 2.68. The third kappa shape index (κ3) is 4.55. The van der Waals surface area contributed by atoms with Gasteiger partial charge in [-0.3, -0.25) is 4.90 Å². The van der Waals surface area contributed by atoms with E-state index in [1.807, 2.05) is 0 Å². The second-order valence-electron chi connectivity index (χ2n) is 4.45. The molecule has 1 aromatic rings. The first-order valence-corrected chi connectivity index (χ1v) is 6.61. The molecular formula is C11H18Cl2N4O. The smallest absolute Gasteiger partial charge is 0.256 e. The van der Waals surface area contributed by atoms with Crippen LogP contribution in [0.3, 0.4) is 0 Å². The van der Waals surface area contributed by atoms with Crippen molar-refractivity contribution in [3.05, 3.63) is 10.4 Å². The molecule has 0 amide bonds. The topological polar surface area (TPSA) is 51.1 Å². The molecule has 0 fully saturated rings. The van der Waals surface area contributed by atoms with Crippen LogP contribution in [0, 0.1) is 0 Å². The summed E-state index contributed by atoms with van der Waals surface area (Å²) in [6.45, 7) is 9.86. The van der Waals surface area contributed by atoms with Gasteiger partial charge in [-0.2, -0.15) is 4.98 Å². The zero-order valence-electron chi connectivity index (χ0n) is 11.0. The highest BCUT2D eigenvalue weighted by Crippen LogP contribution is 2.19. The molecule has 0 bridgehead atoms. The highest BCUT2D eigenvalue weighted by atomic mass is 35.5. The summed E-state index contributed by atoms with van der Waals surface area (Å²) in [5, 5.41) is 7.30. The zero-order chi connectivity index (χ0) is 13.7. The van der Waals surface area contributed by atoms with Gasteiger partial charge in [0.1, 0.15) is 6.61 Å². The van der Waals surface area contributed by atoms with E-state index in [1.54, 1.807) is 0 Å². The summed E-state index contributed by atoms with van der Waals surface area (Å²) in [7, 11) is 0. The number of nitrogens with zero attached hydrogens (tertiary/aromatic N) is 4. The van der Waals surface area contributed by atoms with Gasteiger partial charge in [-0.25, -0.2) is 0 Å². The van der Waals surface area contributed by atoms with Crippen molar-refractivity contribution in [1.82, 2.24) is 20.1 Å². The fraction of sp³-hybridized carbons (Fsp3) is 0.727. The van der Waals surface area contributed by atoms with E-state index in [-0.39, 0.29) is 16.3 Å².